The average Bonchev–Trinajstić information content (AvgIpc) is 2.44. The van der Waals surface area contributed by atoms with E-state index < -0.39 is 0 Å². The van der Waals surface area contributed by atoms with E-state index in [0.29, 0.717) is 0 Å². The van der Waals surface area contributed by atoms with Gasteiger partial charge in [0.15, 0.2) is 0 Å². The minimum atomic E-state index is -0.147. The van der Waals surface area contributed by atoms with Crippen LogP contribution in [0.4, 0.5) is 0 Å². The molecule has 0 saturated carbocycles. The van der Waals surface area contributed by atoms with E-state index in [1.54, 1.807) is 5.19 Å². The van der Waals surface area contributed by atoms with Crippen molar-refractivity contribution in [3.05, 3.63) is 54.6 Å². The molecule has 0 amide bonds. The zero-order valence-electron chi connectivity index (χ0n) is 10.4. The molecule has 0 bridgehead atoms. The van der Waals surface area contributed by atoms with Crippen molar-refractivity contribution in [2.45, 2.75) is 6.55 Å². The Balaban J connectivity index is 2.43. The molecule has 4 rings (SSSR count). The highest BCUT2D eigenvalue weighted by atomic mass is 28.2. The number of hydrogen-bond acceptors (Lipinski definition) is 0. The molecule has 0 atom stereocenters. The van der Waals surface area contributed by atoms with Gasteiger partial charge >= 0.3 is 0 Å². The summed E-state index contributed by atoms with van der Waals surface area (Å²) in [6.07, 6.45) is 0. The maximum Gasteiger partial charge on any atom is 0.0525 e. The van der Waals surface area contributed by atoms with Gasteiger partial charge in [-0.25, -0.2) is 0 Å². The first-order chi connectivity index (χ1) is 8.88. The molecule has 1 heteroatoms. The maximum atomic E-state index is 2.41. The normalized spacial score (nSPS) is 12.5. The van der Waals surface area contributed by atoms with Gasteiger partial charge < -0.3 is 0 Å². The third kappa shape index (κ3) is 1.20. The largest absolute Gasteiger partial charge is 0.0708 e. The Bertz CT molecular complexity index is 861. The fourth-order valence-electron chi connectivity index (χ4n) is 3.13. The van der Waals surface area contributed by atoms with Crippen LogP contribution in [0.25, 0.3) is 32.3 Å². The van der Waals surface area contributed by atoms with E-state index in [2.05, 4.69) is 61.1 Å². The average molecular weight is 246 g/mol. The lowest BCUT2D eigenvalue weighted by molar-refractivity contribution is 1.80. The van der Waals surface area contributed by atoms with Crippen molar-refractivity contribution in [3.8, 4) is 0 Å². The van der Waals surface area contributed by atoms with Crippen molar-refractivity contribution < 1.29 is 0 Å². The highest BCUT2D eigenvalue weighted by Gasteiger charge is 2.09. The van der Waals surface area contributed by atoms with E-state index in [1.165, 1.54) is 32.3 Å². The molecule has 18 heavy (non-hydrogen) atoms. The lowest BCUT2D eigenvalue weighted by Crippen LogP contribution is -2.12. The smallest absolute Gasteiger partial charge is 0.0525 e. The Labute approximate surface area is 108 Å². The van der Waals surface area contributed by atoms with Gasteiger partial charge in [0.05, 0.1) is 9.52 Å². The Kier molecular flexibility index (Phi) is 2.00. The molecule has 0 nitrogen and oxygen atoms in total. The van der Waals surface area contributed by atoms with E-state index in [0.717, 1.165) is 0 Å². The first-order valence-corrected chi connectivity index (χ1v) is 8.66. The van der Waals surface area contributed by atoms with Gasteiger partial charge in [-0.2, -0.15) is 0 Å². The van der Waals surface area contributed by atoms with Crippen LogP contribution in [0.3, 0.4) is 0 Å². The van der Waals surface area contributed by atoms with Crippen LogP contribution in [0.1, 0.15) is 0 Å². The summed E-state index contributed by atoms with van der Waals surface area (Å²) >= 11 is 0. The number of hydrogen-bond donors (Lipinski definition) is 0. The summed E-state index contributed by atoms with van der Waals surface area (Å²) < 4.78 is 0. The van der Waals surface area contributed by atoms with Crippen molar-refractivity contribution in [1.29, 1.82) is 0 Å². The van der Waals surface area contributed by atoms with Crippen LogP contribution in [0.5, 0.6) is 0 Å². The van der Waals surface area contributed by atoms with Crippen molar-refractivity contribution in [2.24, 2.45) is 0 Å². The molecular weight excluding hydrogens is 232 g/mol. The Morgan fingerprint density at radius 2 is 1.39 bits per heavy atom. The van der Waals surface area contributed by atoms with E-state index in [9.17, 15) is 0 Å². The highest BCUT2D eigenvalue weighted by Crippen LogP contribution is 2.33. The monoisotopic (exact) mass is 246 g/mol. The molecule has 0 saturated heterocycles. The second kappa shape index (κ2) is 3.56. The molecule has 86 valence electrons. The summed E-state index contributed by atoms with van der Waals surface area (Å²) in [6.45, 7) is 2.37. The molecule has 0 radical (unpaired) electrons. The van der Waals surface area contributed by atoms with Gasteiger partial charge in [-0.1, -0.05) is 66.3 Å². The van der Waals surface area contributed by atoms with E-state index in [-0.39, 0.29) is 9.52 Å². The Hall–Kier alpha value is -1.86. The maximum absolute atomic E-state index is 2.41. The first-order valence-electron chi connectivity index (χ1n) is 6.54. The molecule has 0 aliphatic carbocycles. The molecule has 0 aliphatic heterocycles. The van der Waals surface area contributed by atoms with Crippen LogP contribution in [-0.2, 0) is 0 Å². The zero-order valence-corrected chi connectivity index (χ0v) is 11.8. The molecule has 0 fully saturated rings. The topological polar surface area (TPSA) is 0 Å². The van der Waals surface area contributed by atoms with Gasteiger partial charge in [0.1, 0.15) is 0 Å². The minimum Gasteiger partial charge on any atom is -0.0708 e. The molecule has 0 N–H and O–H groups in total. The SMILES string of the molecule is C[SiH2]c1cc2cccc3ccc4cccc1c4c32. The summed E-state index contributed by atoms with van der Waals surface area (Å²) in [6, 6.07) is 20.3. The second-order valence-electron chi connectivity index (χ2n) is 4.94. The van der Waals surface area contributed by atoms with E-state index >= 15 is 0 Å². The van der Waals surface area contributed by atoms with Crippen molar-refractivity contribution in [3.63, 3.8) is 0 Å². The fourth-order valence-corrected chi connectivity index (χ4v) is 4.23. The molecular formula is C17H14Si. The zero-order chi connectivity index (χ0) is 12.1. The molecule has 0 aliphatic rings. The predicted molar refractivity (Wildman–Crippen MR) is 84.2 cm³/mol. The van der Waals surface area contributed by atoms with Crippen LogP contribution in [-0.4, -0.2) is 9.52 Å². The van der Waals surface area contributed by atoms with Crippen LogP contribution in [0, 0.1) is 0 Å². The molecule has 4 aromatic carbocycles. The quantitative estimate of drug-likeness (QED) is 0.356. The highest BCUT2D eigenvalue weighted by molar-refractivity contribution is 6.57. The van der Waals surface area contributed by atoms with E-state index in [4.69, 9.17) is 0 Å². The van der Waals surface area contributed by atoms with Crippen LogP contribution >= 0.6 is 0 Å². The van der Waals surface area contributed by atoms with Crippen LogP contribution in [0.2, 0.25) is 6.55 Å². The Morgan fingerprint density at radius 1 is 0.722 bits per heavy atom. The fraction of sp³-hybridized carbons (Fsp3) is 0.0588. The van der Waals surface area contributed by atoms with Crippen LogP contribution in [0.15, 0.2) is 54.6 Å². The summed E-state index contributed by atoms with van der Waals surface area (Å²) in [5.74, 6) is 0. The molecule has 0 unspecified atom stereocenters. The standard InChI is InChI=1S/C17H14Si/c1-18-15-10-13-6-2-4-11-8-9-12-5-3-7-14(15)17(12)16(11)13/h2-10H,18H2,1H3. The van der Waals surface area contributed by atoms with Gasteiger partial charge in [-0.05, 0) is 32.3 Å². The molecule has 0 heterocycles. The van der Waals surface area contributed by atoms with Crippen molar-refractivity contribution in [1.82, 2.24) is 0 Å². The second-order valence-corrected chi connectivity index (χ2v) is 6.41. The lowest BCUT2D eigenvalue weighted by Gasteiger charge is -2.13. The van der Waals surface area contributed by atoms with Gasteiger partial charge in [-0.3, -0.25) is 0 Å². The summed E-state index contributed by atoms with van der Waals surface area (Å²) in [5.41, 5.74) is 0. The summed E-state index contributed by atoms with van der Waals surface area (Å²) in [7, 11) is -0.147. The number of rotatable bonds is 1. The van der Waals surface area contributed by atoms with Crippen molar-refractivity contribution in [2.75, 3.05) is 0 Å². The van der Waals surface area contributed by atoms with E-state index in [1.807, 2.05) is 0 Å². The van der Waals surface area contributed by atoms with Crippen molar-refractivity contribution >= 4 is 47.0 Å². The predicted octanol–water partition coefficient (Wildman–Crippen LogP) is 3.43. The van der Waals surface area contributed by atoms with Crippen LogP contribution < -0.4 is 5.19 Å². The number of benzene rings is 4. The van der Waals surface area contributed by atoms with Gasteiger partial charge in [0.2, 0.25) is 0 Å². The minimum absolute atomic E-state index is 0.147. The summed E-state index contributed by atoms with van der Waals surface area (Å²) in [5, 5.41) is 10.1. The first kappa shape index (κ1) is 10.1. The molecule has 0 aromatic heterocycles. The molecule has 4 aromatic rings. The molecule has 0 spiro atoms. The third-order valence-electron chi connectivity index (χ3n) is 3.97. The van der Waals surface area contributed by atoms with Gasteiger partial charge in [-0.15, -0.1) is 0 Å². The lowest BCUT2D eigenvalue weighted by atomic mass is 9.94. The Morgan fingerprint density at radius 3 is 2.17 bits per heavy atom. The third-order valence-corrected chi connectivity index (χ3v) is 5.32. The van der Waals surface area contributed by atoms with Gasteiger partial charge in [0.25, 0.3) is 0 Å². The summed E-state index contributed by atoms with van der Waals surface area (Å²) in [4.78, 5) is 0. The van der Waals surface area contributed by atoms with Gasteiger partial charge in [0, 0.05) is 0 Å².